The molecule has 0 fully saturated rings. The second-order valence-corrected chi connectivity index (χ2v) is 4.02. The number of carbonyl (C=O) groups excluding carboxylic acids is 2. The lowest BCUT2D eigenvalue weighted by atomic mass is 10.2. The van der Waals surface area contributed by atoms with Gasteiger partial charge in [0.2, 0.25) is 0 Å². The fraction of sp³-hybridized carbons (Fsp3) is 0.800. The van der Waals surface area contributed by atoms with Crippen molar-refractivity contribution in [3.05, 3.63) is 0 Å². The lowest BCUT2D eigenvalue weighted by Crippen LogP contribution is -2.26. The van der Waals surface area contributed by atoms with Crippen molar-refractivity contribution in [1.29, 1.82) is 0 Å². The van der Waals surface area contributed by atoms with E-state index in [1.54, 1.807) is 20.8 Å². The number of carbonyl (C=O) groups is 2. The van der Waals surface area contributed by atoms with Gasteiger partial charge < -0.3 is 14.2 Å². The van der Waals surface area contributed by atoms with Crippen LogP contribution in [-0.2, 0) is 14.2 Å². The molecule has 0 aromatic rings. The Morgan fingerprint density at radius 3 is 2.20 bits per heavy atom. The number of ether oxygens (including phenoxy) is 3. The summed E-state index contributed by atoms with van der Waals surface area (Å²) in [6.45, 7) is 7.24. The van der Waals surface area contributed by atoms with Crippen LogP contribution < -0.4 is 0 Å². The Morgan fingerprint density at radius 2 is 1.73 bits per heavy atom. The predicted octanol–water partition coefficient (Wildman–Crippen LogP) is 2.87. The minimum atomic E-state index is -1.04. The van der Waals surface area contributed by atoms with Crippen molar-refractivity contribution in [3.8, 4) is 0 Å². The van der Waals surface area contributed by atoms with Crippen molar-refractivity contribution in [2.24, 2.45) is 0 Å². The van der Waals surface area contributed by atoms with E-state index < -0.39 is 17.9 Å². The first-order chi connectivity index (χ1) is 6.85. The van der Waals surface area contributed by atoms with Crippen LogP contribution in [0.1, 0.15) is 40.5 Å². The number of unbranched alkanes of at least 4 members (excludes halogenated alkanes) is 1. The molecule has 0 radical (unpaired) electrons. The molecule has 0 bridgehead atoms. The molecule has 0 spiro atoms. The molecule has 15 heavy (non-hydrogen) atoms. The van der Waals surface area contributed by atoms with Crippen LogP contribution in [0.15, 0.2) is 0 Å². The van der Waals surface area contributed by atoms with Gasteiger partial charge in [-0.3, -0.25) is 0 Å². The van der Waals surface area contributed by atoms with Crippen LogP contribution in [0.3, 0.4) is 0 Å². The minimum Gasteiger partial charge on any atom is -0.434 e. The third-order valence-electron chi connectivity index (χ3n) is 1.27. The van der Waals surface area contributed by atoms with Gasteiger partial charge >= 0.3 is 12.3 Å². The molecule has 0 aliphatic heterocycles. The highest BCUT2D eigenvalue weighted by atomic mass is 16.8. The monoisotopic (exact) mass is 218 g/mol. The van der Waals surface area contributed by atoms with E-state index in [4.69, 9.17) is 4.74 Å². The predicted molar refractivity (Wildman–Crippen MR) is 53.6 cm³/mol. The van der Waals surface area contributed by atoms with Crippen LogP contribution in [-0.4, -0.2) is 24.5 Å². The van der Waals surface area contributed by atoms with Gasteiger partial charge in [-0.2, -0.15) is 0 Å². The molecule has 0 amide bonds. The lowest BCUT2D eigenvalue weighted by molar-refractivity contribution is -0.00776. The van der Waals surface area contributed by atoms with E-state index in [0.29, 0.717) is 0 Å². The molecule has 0 aliphatic rings. The van der Waals surface area contributed by atoms with E-state index in [-0.39, 0.29) is 6.61 Å². The Balaban J connectivity index is 3.72. The van der Waals surface area contributed by atoms with E-state index in [1.807, 2.05) is 6.92 Å². The van der Waals surface area contributed by atoms with Crippen molar-refractivity contribution in [1.82, 2.24) is 0 Å². The normalized spacial score (nSPS) is 10.7. The van der Waals surface area contributed by atoms with Gasteiger partial charge in [-0.1, -0.05) is 13.3 Å². The summed E-state index contributed by atoms with van der Waals surface area (Å²) in [4.78, 5) is 21.8. The van der Waals surface area contributed by atoms with Gasteiger partial charge in [-0.15, -0.1) is 0 Å². The Hall–Kier alpha value is -1.26. The second kappa shape index (κ2) is 6.27. The summed E-state index contributed by atoms with van der Waals surface area (Å²) < 4.78 is 13.6. The molecule has 0 atom stereocenters. The molecule has 0 rings (SSSR count). The SMILES string of the molecule is CCCCOC(=O)OC(=O)OC(C)(C)C. The molecule has 0 saturated carbocycles. The molecule has 0 heterocycles. The highest BCUT2D eigenvalue weighted by Crippen LogP contribution is 2.08. The molecule has 0 aliphatic carbocycles. The number of hydrogen-bond donors (Lipinski definition) is 0. The van der Waals surface area contributed by atoms with E-state index >= 15 is 0 Å². The van der Waals surface area contributed by atoms with Gasteiger partial charge in [-0.25, -0.2) is 9.59 Å². The maximum Gasteiger partial charge on any atom is 0.519 e. The quantitative estimate of drug-likeness (QED) is 0.414. The van der Waals surface area contributed by atoms with Gasteiger partial charge in [0.15, 0.2) is 0 Å². The molecular weight excluding hydrogens is 200 g/mol. The average molecular weight is 218 g/mol. The largest absolute Gasteiger partial charge is 0.519 e. The summed E-state index contributed by atoms with van der Waals surface area (Å²) in [6.07, 6.45) is -0.412. The summed E-state index contributed by atoms with van der Waals surface area (Å²) >= 11 is 0. The van der Waals surface area contributed by atoms with E-state index in [2.05, 4.69) is 9.47 Å². The van der Waals surface area contributed by atoms with Crippen molar-refractivity contribution in [3.63, 3.8) is 0 Å². The van der Waals surface area contributed by atoms with Crippen LogP contribution in [0.2, 0.25) is 0 Å². The zero-order valence-electron chi connectivity index (χ0n) is 9.66. The van der Waals surface area contributed by atoms with E-state index in [1.165, 1.54) is 0 Å². The molecule has 0 aromatic heterocycles. The highest BCUT2D eigenvalue weighted by Gasteiger charge is 2.20. The van der Waals surface area contributed by atoms with Crippen molar-refractivity contribution >= 4 is 12.3 Å². The molecule has 0 saturated heterocycles. The van der Waals surface area contributed by atoms with E-state index in [9.17, 15) is 9.59 Å². The molecule has 5 nitrogen and oxygen atoms in total. The second-order valence-electron chi connectivity index (χ2n) is 4.02. The first-order valence-electron chi connectivity index (χ1n) is 4.92. The summed E-state index contributed by atoms with van der Waals surface area (Å²) in [6, 6.07) is 0. The van der Waals surface area contributed by atoms with Crippen LogP contribution in [0, 0.1) is 0 Å². The minimum absolute atomic E-state index is 0.248. The summed E-state index contributed by atoms with van der Waals surface area (Å²) in [5.74, 6) is 0. The van der Waals surface area contributed by atoms with Crippen molar-refractivity contribution in [2.75, 3.05) is 6.61 Å². The van der Waals surface area contributed by atoms with Crippen LogP contribution in [0.4, 0.5) is 9.59 Å². The number of hydrogen-bond acceptors (Lipinski definition) is 5. The van der Waals surface area contributed by atoms with Gasteiger partial charge in [0.05, 0.1) is 6.61 Å². The third-order valence-corrected chi connectivity index (χ3v) is 1.27. The first kappa shape index (κ1) is 13.7. The summed E-state index contributed by atoms with van der Waals surface area (Å²) in [7, 11) is 0. The van der Waals surface area contributed by atoms with Crippen molar-refractivity contribution < 1.29 is 23.8 Å². The van der Waals surface area contributed by atoms with Gasteiger partial charge in [0.1, 0.15) is 5.60 Å². The van der Waals surface area contributed by atoms with Crippen molar-refractivity contribution in [2.45, 2.75) is 46.1 Å². The topological polar surface area (TPSA) is 61.8 Å². The van der Waals surface area contributed by atoms with Crippen LogP contribution in [0.25, 0.3) is 0 Å². The van der Waals surface area contributed by atoms with Gasteiger partial charge in [0.25, 0.3) is 0 Å². The summed E-state index contributed by atoms with van der Waals surface area (Å²) in [5, 5.41) is 0. The van der Waals surface area contributed by atoms with Gasteiger partial charge in [-0.05, 0) is 27.2 Å². The zero-order chi connectivity index (χ0) is 11.9. The molecule has 5 heteroatoms. The smallest absolute Gasteiger partial charge is 0.434 e. The molecular formula is C10H18O5. The fourth-order valence-corrected chi connectivity index (χ4v) is 0.668. The average Bonchev–Trinajstić information content (AvgIpc) is 2.00. The molecule has 0 unspecified atom stereocenters. The third kappa shape index (κ3) is 9.05. The fourth-order valence-electron chi connectivity index (χ4n) is 0.668. The molecule has 0 N–H and O–H groups in total. The van der Waals surface area contributed by atoms with E-state index in [0.717, 1.165) is 12.8 Å². The standard InChI is InChI=1S/C10H18O5/c1-5-6-7-13-8(11)14-9(12)15-10(2,3)4/h5-7H2,1-4H3. The maximum atomic E-state index is 11.0. The zero-order valence-corrected chi connectivity index (χ0v) is 9.66. The number of rotatable bonds is 3. The molecule has 88 valence electrons. The Kier molecular flexibility index (Phi) is 5.74. The highest BCUT2D eigenvalue weighted by molar-refractivity contribution is 5.77. The Labute approximate surface area is 89.7 Å². The molecule has 0 aromatic carbocycles. The van der Waals surface area contributed by atoms with Crippen LogP contribution in [0.5, 0.6) is 0 Å². The first-order valence-corrected chi connectivity index (χ1v) is 4.92. The van der Waals surface area contributed by atoms with Crippen LogP contribution >= 0.6 is 0 Å². The maximum absolute atomic E-state index is 11.0. The van der Waals surface area contributed by atoms with Gasteiger partial charge in [0, 0.05) is 0 Å². The Morgan fingerprint density at radius 1 is 1.13 bits per heavy atom. The Bertz CT molecular complexity index is 216. The lowest BCUT2D eigenvalue weighted by Gasteiger charge is -2.17. The summed E-state index contributed by atoms with van der Waals surface area (Å²) in [5.41, 5.74) is -0.680.